The Balaban J connectivity index is 0.000000211. The van der Waals surface area contributed by atoms with Crippen molar-refractivity contribution in [3.05, 3.63) is 24.3 Å². The van der Waals surface area contributed by atoms with Crippen LogP contribution in [0.4, 0.5) is 9.59 Å². The second kappa shape index (κ2) is 25.2. The highest BCUT2D eigenvalue weighted by atomic mass is 16.6. The Morgan fingerprint density at radius 1 is 0.611 bits per heavy atom. The van der Waals surface area contributed by atoms with Gasteiger partial charge in [-0.1, -0.05) is 56.9 Å². The van der Waals surface area contributed by atoms with Gasteiger partial charge < -0.3 is 55.1 Å². The van der Waals surface area contributed by atoms with Crippen LogP contribution in [0, 0.1) is 17.8 Å². The minimum atomic E-state index is -1.14. The summed E-state index contributed by atoms with van der Waals surface area (Å²) in [6.07, 6.45) is 22.5. The molecule has 0 unspecified atom stereocenters. The monoisotopic (exact) mass is 1010 g/mol. The van der Waals surface area contributed by atoms with E-state index in [9.17, 15) is 43.5 Å². The first kappa shape index (κ1) is 54.6. The van der Waals surface area contributed by atoms with E-state index in [-0.39, 0.29) is 68.0 Å². The molecule has 0 aromatic rings. The van der Waals surface area contributed by atoms with Crippen molar-refractivity contribution in [2.45, 2.75) is 216 Å². The van der Waals surface area contributed by atoms with Crippen LogP contribution < -0.4 is 21.3 Å². The van der Waals surface area contributed by atoms with Gasteiger partial charge in [-0.2, -0.15) is 0 Å². The summed E-state index contributed by atoms with van der Waals surface area (Å²) in [5.41, 5.74) is -2.21. The number of carbonyl (C=O) groups excluding carboxylic acids is 8. The van der Waals surface area contributed by atoms with Crippen LogP contribution in [0.2, 0.25) is 0 Å². The summed E-state index contributed by atoms with van der Waals surface area (Å²) in [4.78, 5) is 108. The maximum atomic E-state index is 13.7. The van der Waals surface area contributed by atoms with Crippen molar-refractivity contribution >= 4 is 47.8 Å². The van der Waals surface area contributed by atoms with E-state index in [1.807, 2.05) is 25.2 Å². The number of nitrogens with zero attached hydrogens (tertiary/aromatic N) is 2. The van der Waals surface area contributed by atoms with Crippen LogP contribution in [-0.2, 0) is 47.7 Å². The minimum absolute atomic E-state index is 0.0114. The van der Waals surface area contributed by atoms with E-state index >= 15 is 0 Å². The Morgan fingerprint density at radius 3 is 1.47 bits per heavy atom. The predicted octanol–water partition coefficient (Wildman–Crippen LogP) is 5.16. The molecular formula is C53H80N6O13. The largest absolute Gasteiger partial charge is 0.464 e. The first-order valence-electron chi connectivity index (χ1n) is 27.2. The van der Waals surface area contributed by atoms with Gasteiger partial charge in [-0.05, 0) is 129 Å². The van der Waals surface area contributed by atoms with Gasteiger partial charge in [0.05, 0.1) is 19.3 Å². The smallest absolute Gasteiger partial charge is 0.408 e. The first-order chi connectivity index (χ1) is 34.7. The molecule has 8 rings (SSSR count). The molecule has 19 nitrogen and oxygen atoms in total. The van der Waals surface area contributed by atoms with E-state index in [0.717, 1.165) is 103 Å². The number of amides is 6. The number of aliphatic hydroxyl groups is 1. The van der Waals surface area contributed by atoms with Gasteiger partial charge >= 0.3 is 24.1 Å². The third-order valence-electron chi connectivity index (χ3n) is 15.8. The Kier molecular flexibility index (Phi) is 19.1. The van der Waals surface area contributed by atoms with E-state index < -0.39 is 77.3 Å². The van der Waals surface area contributed by atoms with Gasteiger partial charge in [0.25, 0.3) is 0 Å². The third-order valence-corrected chi connectivity index (χ3v) is 15.8. The van der Waals surface area contributed by atoms with E-state index in [2.05, 4.69) is 27.3 Å². The highest BCUT2D eigenvalue weighted by molar-refractivity contribution is 5.98. The Hall–Kier alpha value is -5.20. The average Bonchev–Trinajstić information content (AvgIpc) is 3.72. The highest BCUT2D eigenvalue weighted by Gasteiger charge is 2.63. The lowest BCUT2D eigenvalue weighted by atomic mass is 10.0. The molecule has 4 aliphatic heterocycles. The Morgan fingerprint density at radius 2 is 1.03 bits per heavy atom. The summed E-state index contributed by atoms with van der Waals surface area (Å²) in [6, 6.07) is -3.23. The molecule has 2 saturated heterocycles. The van der Waals surface area contributed by atoms with Crippen molar-refractivity contribution < 1.29 is 62.4 Å². The molecule has 19 heteroatoms. The molecule has 72 heavy (non-hydrogen) atoms. The fourth-order valence-corrected chi connectivity index (χ4v) is 11.5. The number of aliphatic hydroxyl groups excluding tert-OH is 1. The lowest BCUT2D eigenvalue weighted by molar-refractivity contribution is -0.150. The molecule has 6 amide bonds. The van der Waals surface area contributed by atoms with Crippen LogP contribution in [-0.4, -0.2) is 143 Å². The van der Waals surface area contributed by atoms with E-state index in [4.69, 9.17) is 18.9 Å². The van der Waals surface area contributed by atoms with Gasteiger partial charge in [0.2, 0.25) is 23.6 Å². The van der Waals surface area contributed by atoms with Crippen LogP contribution in [0.1, 0.15) is 162 Å². The van der Waals surface area contributed by atoms with E-state index in [1.165, 1.54) is 4.90 Å². The summed E-state index contributed by atoms with van der Waals surface area (Å²) in [5.74, 6) is -2.55. The molecule has 10 atom stereocenters. The Bertz CT molecular complexity index is 1880. The maximum Gasteiger partial charge on any atom is 0.408 e. The standard InChI is InChI=1S/C27H41N3O6.C26H39N3O7/c1-3-35-25(33)27-16-19(27)11-7-5-4-6-8-14-21(28-26(34)36-20-12-9-10-13-20)24(32)30-17-18(2)15-22(30)23(31)29-27;1-2-35-24(33)26-15-17(26)10-6-4-3-5-7-13-20(27-25(34)36-19-11-8-9-12-19)23(32)29-16-18(30)14-21(29)22(31)28-26/h7,11,18-22H,3-6,8-10,12-17H2,1-2H3,(H,28,34)(H,29,31);6,10,17-21,30H,2-5,7-9,11-16H2,1H3,(H,27,34)(H,28,31)/b11-7-;10-6-/t18-,19+,21-,22-,27+;17-,18+,20+,21+,26-/m01/s1. The van der Waals surface area contributed by atoms with Crippen LogP contribution in [0.5, 0.6) is 0 Å². The summed E-state index contributed by atoms with van der Waals surface area (Å²) < 4.78 is 21.6. The third kappa shape index (κ3) is 13.7. The second-order valence-electron chi connectivity index (χ2n) is 21.4. The molecule has 4 aliphatic carbocycles. The number of allylic oxidation sites excluding steroid dienone is 2. The van der Waals surface area contributed by atoms with Crippen molar-refractivity contribution in [1.82, 2.24) is 31.1 Å². The fraction of sp³-hybridized carbons (Fsp3) is 0.774. The molecule has 0 spiro atoms. The molecule has 5 N–H and O–H groups in total. The number of carbonyl (C=O) groups is 8. The number of hydrogen-bond acceptors (Lipinski definition) is 13. The van der Waals surface area contributed by atoms with Gasteiger partial charge in [0.1, 0.15) is 47.5 Å². The number of hydrogen-bond donors (Lipinski definition) is 5. The lowest BCUT2D eigenvalue weighted by Crippen LogP contribution is -2.56. The van der Waals surface area contributed by atoms with Crippen molar-refractivity contribution in [3.8, 4) is 0 Å². The summed E-state index contributed by atoms with van der Waals surface area (Å²) in [5, 5.41) is 21.7. The minimum Gasteiger partial charge on any atom is -0.464 e. The quantitative estimate of drug-likeness (QED) is 0.120. The van der Waals surface area contributed by atoms with Gasteiger partial charge in [0.15, 0.2) is 0 Å². The molecule has 8 aliphatic rings. The summed E-state index contributed by atoms with van der Waals surface area (Å²) >= 11 is 0. The van der Waals surface area contributed by atoms with E-state index in [0.29, 0.717) is 38.6 Å². The van der Waals surface area contributed by atoms with Gasteiger partial charge in [0, 0.05) is 31.3 Å². The SMILES string of the molecule is CCOC(=O)[C@@]12C[C@H]1/C=C\CCCCC[C@H](NC(=O)OC1CCCC1)C(=O)N1C[C@@H](C)C[C@H]1C(=O)N2.CCOC(=O)[C@@]12C[C@H]1/C=C\CCCCC[C@H](NC(=O)OC1CCCC1)C(=O)N1C[C@@H](O)C[C@H]1C(=O)N2. The van der Waals surface area contributed by atoms with Crippen LogP contribution >= 0.6 is 0 Å². The van der Waals surface area contributed by atoms with Crippen LogP contribution in [0.25, 0.3) is 0 Å². The van der Waals surface area contributed by atoms with Crippen molar-refractivity contribution in [1.29, 1.82) is 0 Å². The normalized spacial score (nSPS) is 34.4. The summed E-state index contributed by atoms with van der Waals surface area (Å²) in [6.45, 7) is 6.33. The molecule has 0 bridgehead atoms. The molecule has 4 heterocycles. The zero-order valence-electron chi connectivity index (χ0n) is 42.7. The predicted molar refractivity (Wildman–Crippen MR) is 262 cm³/mol. The van der Waals surface area contributed by atoms with Gasteiger partial charge in [-0.3, -0.25) is 19.2 Å². The number of fused-ring (bicyclic) bond motifs is 4. The summed E-state index contributed by atoms with van der Waals surface area (Å²) in [7, 11) is 0. The number of esters is 2. The number of nitrogens with one attached hydrogen (secondary N) is 4. The van der Waals surface area contributed by atoms with Crippen molar-refractivity contribution in [3.63, 3.8) is 0 Å². The number of ether oxygens (including phenoxy) is 4. The Labute approximate surface area is 424 Å². The molecule has 0 aromatic heterocycles. The van der Waals surface area contributed by atoms with Gasteiger partial charge in [-0.25, -0.2) is 19.2 Å². The average molecular weight is 1010 g/mol. The molecule has 0 radical (unpaired) electrons. The van der Waals surface area contributed by atoms with Crippen molar-refractivity contribution in [2.75, 3.05) is 26.3 Å². The zero-order chi connectivity index (χ0) is 51.4. The molecule has 400 valence electrons. The molecule has 4 saturated carbocycles. The fourth-order valence-electron chi connectivity index (χ4n) is 11.5. The van der Waals surface area contributed by atoms with E-state index in [1.54, 1.807) is 18.7 Å². The number of alkyl carbamates (subject to hydrolysis) is 2. The first-order valence-corrected chi connectivity index (χ1v) is 27.2. The molecule has 0 aromatic carbocycles. The maximum absolute atomic E-state index is 13.7. The van der Waals surface area contributed by atoms with Crippen LogP contribution in [0.3, 0.4) is 0 Å². The molecular weight excluding hydrogens is 929 g/mol. The lowest BCUT2D eigenvalue weighted by Gasteiger charge is -2.30. The highest BCUT2D eigenvalue weighted by Crippen LogP contribution is 2.47. The second-order valence-corrected chi connectivity index (χ2v) is 21.4. The van der Waals surface area contributed by atoms with Gasteiger partial charge in [-0.15, -0.1) is 0 Å². The van der Waals surface area contributed by atoms with Crippen LogP contribution in [0.15, 0.2) is 24.3 Å². The molecule has 6 fully saturated rings. The number of rotatable bonds is 8. The topological polar surface area (TPSA) is 248 Å². The zero-order valence-corrected chi connectivity index (χ0v) is 42.7. The van der Waals surface area contributed by atoms with Crippen molar-refractivity contribution in [2.24, 2.45) is 17.8 Å².